The van der Waals surface area contributed by atoms with Gasteiger partial charge in [0.1, 0.15) is 6.04 Å². The van der Waals surface area contributed by atoms with Crippen LogP contribution in [0.2, 0.25) is 0 Å². The molecule has 1 amide bonds. The molecule has 4 heteroatoms. The first-order chi connectivity index (χ1) is 9.45. The van der Waals surface area contributed by atoms with E-state index in [1.807, 2.05) is 23.1 Å². The molecule has 0 radical (unpaired) electrons. The lowest BCUT2D eigenvalue weighted by Crippen LogP contribution is -2.45. The van der Waals surface area contributed by atoms with Crippen molar-refractivity contribution >= 4 is 5.91 Å². The second kappa shape index (κ2) is 5.94. The zero-order chi connectivity index (χ0) is 14.8. The molecule has 1 aromatic carbocycles. The molecule has 2 unspecified atom stereocenters. The fourth-order valence-corrected chi connectivity index (χ4v) is 3.03. The predicted molar refractivity (Wildman–Crippen MR) is 79.4 cm³/mol. The van der Waals surface area contributed by atoms with E-state index in [1.165, 1.54) is 5.56 Å². The summed E-state index contributed by atoms with van der Waals surface area (Å²) in [4.78, 5) is 14.2. The van der Waals surface area contributed by atoms with Crippen LogP contribution in [0.4, 0.5) is 0 Å². The standard InChI is InChI=1S/C16H24N2O2/c1-16(2)11-18(15(19)14(17)10-20-3)9-13(16)12-7-5-4-6-8-12/h4-8,13-14H,9-11,17H2,1-3H3. The van der Waals surface area contributed by atoms with Gasteiger partial charge in [0.15, 0.2) is 0 Å². The van der Waals surface area contributed by atoms with Crippen LogP contribution in [0.5, 0.6) is 0 Å². The molecule has 0 bridgehead atoms. The topological polar surface area (TPSA) is 55.6 Å². The number of methoxy groups -OCH3 is 1. The molecule has 4 nitrogen and oxygen atoms in total. The second-order valence-corrected chi connectivity index (χ2v) is 6.23. The van der Waals surface area contributed by atoms with E-state index in [4.69, 9.17) is 10.5 Å². The van der Waals surface area contributed by atoms with E-state index < -0.39 is 6.04 Å². The molecule has 1 heterocycles. The van der Waals surface area contributed by atoms with Gasteiger partial charge in [-0.25, -0.2) is 0 Å². The van der Waals surface area contributed by atoms with E-state index >= 15 is 0 Å². The van der Waals surface area contributed by atoms with Crippen molar-refractivity contribution in [1.82, 2.24) is 4.90 Å². The quantitative estimate of drug-likeness (QED) is 0.909. The number of nitrogens with two attached hydrogens (primary N) is 1. The summed E-state index contributed by atoms with van der Waals surface area (Å²) >= 11 is 0. The Morgan fingerprint density at radius 3 is 2.70 bits per heavy atom. The lowest BCUT2D eigenvalue weighted by molar-refractivity contribution is -0.133. The molecule has 0 spiro atoms. The molecule has 110 valence electrons. The summed E-state index contributed by atoms with van der Waals surface area (Å²) in [6.45, 7) is 6.15. The monoisotopic (exact) mass is 276 g/mol. The average Bonchev–Trinajstić information content (AvgIpc) is 2.75. The fraction of sp³-hybridized carbons (Fsp3) is 0.562. The largest absolute Gasteiger partial charge is 0.383 e. The van der Waals surface area contributed by atoms with Crippen molar-refractivity contribution in [3.63, 3.8) is 0 Å². The summed E-state index contributed by atoms with van der Waals surface area (Å²) < 4.78 is 4.98. The number of ether oxygens (including phenoxy) is 1. The van der Waals surface area contributed by atoms with Crippen LogP contribution in [0.15, 0.2) is 30.3 Å². The van der Waals surface area contributed by atoms with Gasteiger partial charge in [-0.1, -0.05) is 44.2 Å². The molecule has 1 aliphatic heterocycles. The summed E-state index contributed by atoms with van der Waals surface area (Å²) in [5.74, 6) is 0.334. The molecule has 0 aromatic heterocycles. The number of rotatable bonds is 4. The van der Waals surface area contributed by atoms with Gasteiger partial charge in [-0.2, -0.15) is 0 Å². The number of likely N-dealkylation sites (tertiary alicyclic amines) is 1. The van der Waals surface area contributed by atoms with Gasteiger partial charge < -0.3 is 15.4 Å². The van der Waals surface area contributed by atoms with Crippen LogP contribution in [0, 0.1) is 5.41 Å². The van der Waals surface area contributed by atoms with E-state index in [0.29, 0.717) is 5.92 Å². The Hall–Kier alpha value is -1.39. The molecule has 20 heavy (non-hydrogen) atoms. The third-order valence-electron chi connectivity index (χ3n) is 4.12. The van der Waals surface area contributed by atoms with Crippen LogP contribution < -0.4 is 5.73 Å². The maximum atomic E-state index is 12.3. The number of nitrogens with zero attached hydrogens (tertiary/aromatic N) is 1. The van der Waals surface area contributed by atoms with Crippen LogP contribution in [0.3, 0.4) is 0 Å². The minimum Gasteiger partial charge on any atom is -0.383 e. The molecule has 2 rings (SSSR count). The smallest absolute Gasteiger partial charge is 0.241 e. The molecule has 1 fully saturated rings. The number of carbonyl (C=O) groups is 1. The van der Waals surface area contributed by atoms with Gasteiger partial charge in [-0.3, -0.25) is 4.79 Å². The van der Waals surface area contributed by atoms with Crippen molar-refractivity contribution < 1.29 is 9.53 Å². The van der Waals surface area contributed by atoms with E-state index in [9.17, 15) is 4.79 Å². The molecule has 2 atom stereocenters. The Bertz CT molecular complexity index is 459. The van der Waals surface area contributed by atoms with E-state index in [2.05, 4.69) is 26.0 Å². The number of benzene rings is 1. The summed E-state index contributed by atoms with van der Waals surface area (Å²) in [5.41, 5.74) is 7.21. The Balaban J connectivity index is 2.13. The Labute approximate surface area is 120 Å². The van der Waals surface area contributed by atoms with Crippen molar-refractivity contribution in [2.24, 2.45) is 11.1 Å². The molecule has 0 saturated carbocycles. The van der Waals surface area contributed by atoms with Crippen LogP contribution in [-0.2, 0) is 9.53 Å². The van der Waals surface area contributed by atoms with Crippen molar-refractivity contribution in [2.75, 3.05) is 26.8 Å². The van der Waals surface area contributed by atoms with Crippen molar-refractivity contribution in [2.45, 2.75) is 25.8 Å². The molecule has 1 aromatic rings. The van der Waals surface area contributed by atoms with Crippen LogP contribution >= 0.6 is 0 Å². The lowest BCUT2D eigenvalue weighted by atomic mass is 9.78. The fourth-order valence-electron chi connectivity index (χ4n) is 3.03. The predicted octanol–water partition coefficient (Wildman–Crippen LogP) is 1.61. The van der Waals surface area contributed by atoms with E-state index in [0.717, 1.165) is 13.1 Å². The van der Waals surface area contributed by atoms with Gasteiger partial charge in [0.2, 0.25) is 5.91 Å². The second-order valence-electron chi connectivity index (χ2n) is 6.23. The van der Waals surface area contributed by atoms with Gasteiger partial charge in [-0.15, -0.1) is 0 Å². The van der Waals surface area contributed by atoms with Crippen LogP contribution in [0.1, 0.15) is 25.3 Å². The number of amides is 1. The van der Waals surface area contributed by atoms with Gasteiger partial charge in [-0.05, 0) is 11.0 Å². The molecule has 0 aliphatic carbocycles. The molecular formula is C16H24N2O2. The maximum Gasteiger partial charge on any atom is 0.241 e. The highest BCUT2D eigenvalue weighted by Crippen LogP contribution is 2.42. The first-order valence-electron chi connectivity index (χ1n) is 7.04. The van der Waals surface area contributed by atoms with Crippen molar-refractivity contribution in [3.05, 3.63) is 35.9 Å². The zero-order valence-corrected chi connectivity index (χ0v) is 12.5. The first-order valence-corrected chi connectivity index (χ1v) is 7.04. The van der Waals surface area contributed by atoms with Gasteiger partial charge in [0, 0.05) is 26.1 Å². The van der Waals surface area contributed by atoms with E-state index in [-0.39, 0.29) is 17.9 Å². The highest BCUT2D eigenvalue weighted by Gasteiger charge is 2.42. The summed E-state index contributed by atoms with van der Waals surface area (Å²) in [7, 11) is 1.56. The van der Waals surface area contributed by atoms with Gasteiger partial charge in [0.05, 0.1) is 6.61 Å². The summed E-state index contributed by atoms with van der Waals surface area (Å²) in [5, 5.41) is 0. The highest BCUT2D eigenvalue weighted by molar-refractivity contribution is 5.82. The van der Waals surface area contributed by atoms with Crippen LogP contribution in [-0.4, -0.2) is 43.7 Å². The van der Waals surface area contributed by atoms with Gasteiger partial charge in [0.25, 0.3) is 0 Å². The van der Waals surface area contributed by atoms with E-state index in [1.54, 1.807) is 7.11 Å². The SMILES string of the molecule is COCC(N)C(=O)N1CC(c2ccccc2)C(C)(C)C1. The molecular weight excluding hydrogens is 252 g/mol. The van der Waals surface area contributed by atoms with Crippen molar-refractivity contribution in [3.8, 4) is 0 Å². The number of carbonyl (C=O) groups excluding carboxylic acids is 1. The van der Waals surface area contributed by atoms with Crippen LogP contribution in [0.25, 0.3) is 0 Å². The van der Waals surface area contributed by atoms with Gasteiger partial charge >= 0.3 is 0 Å². The zero-order valence-electron chi connectivity index (χ0n) is 12.5. The third-order valence-corrected chi connectivity index (χ3v) is 4.12. The molecule has 1 aliphatic rings. The Morgan fingerprint density at radius 2 is 2.10 bits per heavy atom. The summed E-state index contributed by atoms with van der Waals surface area (Å²) in [6, 6.07) is 9.82. The number of hydrogen-bond donors (Lipinski definition) is 1. The normalized spacial score (nSPS) is 22.8. The highest BCUT2D eigenvalue weighted by atomic mass is 16.5. The molecule has 2 N–H and O–H groups in total. The Kier molecular flexibility index (Phi) is 4.45. The number of hydrogen-bond acceptors (Lipinski definition) is 3. The molecule has 1 saturated heterocycles. The minimum atomic E-state index is -0.565. The first kappa shape index (κ1) is 15.0. The lowest BCUT2D eigenvalue weighted by Gasteiger charge is -2.25. The summed E-state index contributed by atoms with van der Waals surface area (Å²) in [6.07, 6.45) is 0. The minimum absolute atomic E-state index is 0.0154. The third kappa shape index (κ3) is 3.02. The van der Waals surface area contributed by atoms with Crippen molar-refractivity contribution in [1.29, 1.82) is 0 Å². The average molecular weight is 276 g/mol. The Morgan fingerprint density at radius 1 is 1.45 bits per heavy atom. The maximum absolute atomic E-state index is 12.3.